The van der Waals surface area contributed by atoms with Crippen molar-refractivity contribution in [2.75, 3.05) is 12.8 Å². The first-order chi connectivity index (χ1) is 9.61. The SMILES string of the molecule is COc1c(C)cnc(Cn2nnc(N)c2C2CC2)c1C. The van der Waals surface area contributed by atoms with Gasteiger partial charge in [0.25, 0.3) is 0 Å². The van der Waals surface area contributed by atoms with Gasteiger partial charge in [-0.05, 0) is 26.7 Å². The quantitative estimate of drug-likeness (QED) is 0.919. The van der Waals surface area contributed by atoms with E-state index in [1.165, 1.54) is 12.8 Å². The Morgan fingerprint density at radius 3 is 2.80 bits per heavy atom. The highest BCUT2D eigenvalue weighted by molar-refractivity contribution is 5.42. The van der Waals surface area contributed by atoms with Crippen molar-refractivity contribution in [3.05, 3.63) is 28.7 Å². The smallest absolute Gasteiger partial charge is 0.169 e. The maximum atomic E-state index is 5.91. The fourth-order valence-electron chi connectivity index (χ4n) is 2.60. The predicted molar refractivity (Wildman–Crippen MR) is 75.8 cm³/mol. The van der Waals surface area contributed by atoms with E-state index in [-0.39, 0.29) is 0 Å². The average molecular weight is 273 g/mol. The van der Waals surface area contributed by atoms with Gasteiger partial charge >= 0.3 is 0 Å². The Labute approximate surface area is 118 Å². The molecule has 6 heteroatoms. The maximum Gasteiger partial charge on any atom is 0.169 e. The van der Waals surface area contributed by atoms with Crippen LogP contribution in [0.4, 0.5) is 5.82 Å². The zero-order valence-corrected chi connectivity index (χ0v) is 12.1. The molecule has 0 unspecified atom stereocenters. The summed E-state index contributed by atoms with van der Waals surface area (Å²) in [6, 6.07) is 0. The summed E-state index contributed by atoms with van der Waals surface area (Å²) >= 11 is 0. The van der Waals surface area contributed by atoms with Gasteiger partial charge in [-0.2, -0.15) is 0 Å². The lowest BCUT2D eigenvalue weighted by Crippen LogP contribution is -2.10. The summed E-state index contributed by atoms with van der Waals surface area (Å²) in [5.74, 6) is 1.94. The molecule has 2 heterocycles. The second-order valence-corrected chi connectivity index (χ2v) is 5.34. The van der Waals surface area contributed by atoms with Gasteiger partial charge < -0.3 is 10.5 Å². The van der Waals surface area contributed by atoms with Crippen molar-refractivity contribution in [3.63, 3.8) is 0 Å². The van der Waals surface area contributed by atoms with Crippen molar-refractivity contribution in [2.45, 2.75) is 39.2 Å². The van der Waals surface area contributed by atoms with Crippen LogP contribution in [0, 0.1) is 13.8 Å². The molecule has 1 saturated carbocycles. The molecule has 20 heavy (non-hydrogen) atoms. The summed E-state index contributed by atoms with van der Waals surface area (Å²) in [7, 11) is 1.68. The monoisotopic (exact) mass is 273 g/mol. The van der Waals surface area contributed by atoms with E-state index in [2.05, 4.69) is 15.3 Å². The fraction of sp³-hybridized carbons (Fsp3) is 0.500. The standard InChI is InChI=1S/C14H19N5O/c1-8-6-16-11(9(2)13(8)20-3)7-19-12(10-4-5-10)14(15)17-18-19/h6,10H,4-5,7,15H2,1-3H3. The normalized spacial score (nSPS) is 14.6. The Hall–Kier alpha value is -2.11. The third-order valence-corrected chi connectivity index (χ3v) is 3.81. The van der Waals surface area contributed by atoms with E-state index >= 15 is 0 Å². The van der Waals surface area contributed by atoms with Gasteiger partial charge in [0, 0.05) is 23.2 Å². The molecule has 2 N–H and O–H groups in total. The second-order valence-electron chi connectivity index (χ2n) is 5.34. The highest BCUT2D eigenvalue weighted by Gasteiger charge is 2.30. The number of pyridine rings is 1. The highest BCUT2D eigenvalue weighted by Crippen LogP contribution is 2.42. The summed E-state index contributed by atoms with van der Waals surface area (Å²) in [5, 5.41) is 8.15. The van der Waals surface area contributed by atoms with Crippen molar-refractivity contribution in [2.24, 2.45) is 0 Å². The molecule has 1 fully saturated rings. The molecule has 0 atom stereocenters. The number of anilines is 1. The van der Waals surface area contributed by atoms with Gasteiger partial charge in [0.1, 0.15) is 5.75 Å². The number of aryl methyl sites for hydroxylation is 1. The number of ether oxygens (including phenoxy) is 1. The van der Waals surface area contributed by atoms with E-state index < -0.39 is 0 Å². The number of nitrogen functional groups attached to an aromatic ring is 1. The Kier molecular flexibility index (Phi) is 3.08. The van der Waals surface area contributed by atoms with Crippen molar-refractivity contribution < 1.29 is 4.74 Å². The minimum atomic E-state index is 0.512. The van der Waals surface area contributed by atoms with E-state index in [0.29, 0.717) is 18.3 Å². The molecule has 3 rings (SSSR count). The molecule has 2 aromatic heterocycles. The molecule has 0 aromatic carbocycles. The van der Waals surface area contributed by atoms with E-state index in [0.717, 1.165) is 28.3 Å². The molecule has 0 saturated heterocycles. The van der Waals surface area contributed by atoms with Crippen molar-refractivity contribution in [1.29, 1.82) is 0 Å². The summed E-state index contributed by atoms with van der Waals surface area (Å²) in [6.07, 6.45) is 4.17. The lowest BCUT2D eigenvalue weighted by molar-refractivity contribution is 0.406. The average Bonchev–Trinajstić information content (AvgIpc) is 3.19. The minimum Gasteiger partial charge on any atom is -0.496 e. The van der Waals surface area contributed by atoms with Gasteiger partial charge in [0.15, 0.2) is 5.82 Å². The lowest BCUT2D eigenvalue weighted by atomic mass is 10.1. The fourth-order valence-corrected chi connectivity index (χ4v) is 2.60. The van der Waals surface area contributed by atoms with Crippen LogP contribution < -0.4 is 10.5 Å². The molecule has 6 nitrogen and oxygen atoms in total. The molecule has 0 spiro atoms. The number of rotatable bonds is 4. The third-order valence-electron chi connectivity index (χ3n) is 3.81. The Morgan fingerprint density at radius 1 is 1.40 bits per heavy atom. The summed E-state index contributed by atoms with van der Waals surface area (Å²) in [6.45, 7) is 4.59. The molecular formula is C14H19N5O. The molecule has 0 amide bonds. The summed E-state index contributed by atoms with van der Waals surface area (Å²) < 4.78 is 7.31. The van der Waals surface area contributed by atoms with Crippen molar-refractivity contribution >= 4 is 5.82 Å². The van der Waals surface area contributed by atoms with Crippen LogP contribution in [0.3, 0.4) is 0 Å². The lowest BCUT2D eigenvalue weighted by Gasteiger charge is -2.13. The van der Waals surface area contributed by atoms with Crippen LogP contribution in [-0.4, -0.2) is 27.1 Å². The van der Waals surface area contributed by atoms with E-state index in [4.69, 9.17) is 10.5 Å². The zero-order chi connectivity index (χ0) is 14.3. The number of nitrogens with two attached hydrogens (primary N) is 1. The van der Waals surface area contributed by atoms with Gasteiger partial charge in [-0.1, -0.05) is 5.21 Å². The largest absolute Gasteiger partial charge is 0.496 e. The van der Waals surface area contributed by atoms with Crippen LogP contribution in [0.1, 0.15) is 41.3 Å². The molecule has 1 aliphatic carbocycles. The number of nitrogens with zero attached hydrogens (tertiary/aromatic N) is 4. The Bertz CT molecular complexity index is 645. The number of hydrogen-bond acceptors (Lipinski definition) is 5. The molecular weight excluding hydrogens is 254 g/mol. The first-order valence-electron chi connectivity index (χ1n) is 6.79. The molecule has 2 aromatic rings. The third kappa shape index (κ3) is 2.11. The predicted octanol–water partition coefficient (Wildman–Crippen LogP) is 1.81. The summed E-state index contributed by atoms with van der Waals surface area (Å²) in [4.78, 5) is 4.50. The first kappa shape index (κ1) is 12.9. The van der Waals surface area contributed by atoms with Crippen LogP contribution in [0.5, 0.6) is 5.75 Å². The van der Waals surface area contributed by atoms with Crippen LogP contribution in [0.25, 0.3) is 0 Å². The van der Waals surface area contributed by atoms with E-state index in [1.54, 1.807) is 7.11 Å². The van der Waals surface area contributed by atoms with Crippen LogP contribution in [0.2, 0.25) is 0 Å². The Morgan fingerprint density at radius 2 is 2.15 bits per heavy atom. The van der Waals surface area contributed by atoms with E-state index in [9.17, 15) is 0 Å². The van der Waals surface area contributed by atoms with Gasteiger partial charge in [0.05, 0.1) is 25.0 Å². The molecule has 0 bridgehead atoms. The van der Waals surface area contributed by atoms with Crippen LogP contribution in [0.15, 0.2) is 6.20 Å². The number of hydrogen-bond donors (Lipinski definition) is 1. The Balaban J connectivity index is 1.96. The van der Waals surface area contributed by atoms with E-state index in [1.807, 2.05) is 24.7 Å². The molecule has 106 valence electrons. The van der Waals surface area contributed by atoms with Gasteiger partial charge in [-0.25, -0.2) is 4.68 Å². The molecule has 1 aliphatic rings. The second kappa shape index (κ2) is 4.77. The van der Waals surface area contributed by atoms with Gasteiger partial charge in [0.2, 0.25) is 0 Å². The summed E-state index contributed by atoms with van der Waals surface area (Å²) in [5.41, 5.74) is 9.99. The maximum absolute atomic E-state index is 5.91. The zero-order valence-electron chi connectivity index (χ0n) is 12.1. The van der Waals surface area contributed by atoms with Crippen LogP contribution in [-0.2, 0) is 6.54 Å². The van der Waals surface area contributed by atoms with Crippen molar-refractivity contribution in [1.82, 2.24) is 20.0 Å². The molecule has 0 radical (unpaired) electrons. The first-order valence-corrected chi connectivity index (χ1v) is 6.79. The number of methoxy groups -OCH3 is 1. The minimum absolute atomic E-state index is 0.512. The molecule has 0 aliphatic heterocycles. The highest BCUT2D eigenvalue weighted by atomic mass is 16.5. The van der Waals surface area contributed by atoms with Crippen LogP contribution >= 0.6 is 0 Å². The topological polar surface area (TPSA) is 78.8 Å². The number of aromatic nitrogens is 4. The van der Waals surface area contributed by atoms with Gasteiger partial charge in [-0.15, -0.1) is 5.10 Å². The van der Waals surface area contributed by atoms with Crippen molar-refractivity contribution in [3.8, 4) is 5.75 Å². The van der Waals surface area contributed by atoms with Gasteiger partial charge in [-0.3, -0.25) is 4.98 Å².